The lowest BCUT2D eigenvalue weighted by Crippen LogP contribution is -2.36. The van der Waals surface area contributed by atoms with E-state index in [1.165, 1.54) is 6.07 Å². The van der Waals surface area contributed by atoms with E-state index in [-0.39, 0.29) is 5.82 Å². The van der Waals surface area contributed by atoms with Crippen LogP contribution in [0.4, 0.5) is 34.9 Å². The second-order valence-corrected chi connectivity index (χ2v) is 9.74. The Kier molecular flexibility index (Phi) is 9.28. The number of halogens is 4. The summed E-state index contributed by atoms with van der Waals surface area (Å²) in [6.07, 6.45) is 1.78. The number of alkyl halides is 3. The lowest BCUT2D eigenvalue weighted by atomic mass is 10.1. The topological polar surface area (TPSA) is 131 Å². The van der Waals surface area contributed by atoms with Gasteiger partial charge in [0.1, 0.15) is 12.1 Å². The van der Waals surface area contributed by atoms with Crippen molar-refractivity contribution < 1.29 is 32.2 Å². The van der Waals surface area contributed by atoms with Crippen LogP contribution in [0.5, 0.6) is 0 Å². The largest absolute Gasteiger partial charge is 0.490 e. The minimum atomic E-state index is -5.08. The van der Waals surface area contributed by atoms with E-state index in [0.717, 1.165) is 41.3 Å². The number of pyridine rings is 1. The summed E-state index contributed by atoms with van der Waals surface area (Å²) < 4.78 is 53.4. The maximum absolute atomic E-state index is 14.5. The van der Waals surface area contributed by atoms with E-state index >= 15 is 0 Å². The van der Waals surface area contributed by atoms with Crippen molar-refractivity contribution >= 4 is 23.3 Å². The van der Waals surface area contributed by atoms with Crippen LogP contribution in [0, 0.1) is 12.7 Å². The predicted molar refractivity (Wildman–Crippen MR) is 157 cm³/mol. The first-order valence-electron chi connectivity index (χ1n) is 13.5. The van der Waals surface area contributed by atoms with Crippen molar-refractivity contribution in [1.82, 2.24) is 29.7 Å². The van der Waals surface area contributed by atoms with Crippen LogP contribution in [-0.2, 0) is 9.53 Å². The molecule has 0 bridgehead atoms. The highest BCUT2D eigenvalue weighted by Crippen LogP contribution is 2.27. The number of carbonyl (C=O) groups is 1. The summed E-state index contributed by atoms with van der Waals surface area (Å²) in [7, 11) is 0. The number of benzene rings is 2. The second-order valence-electron chi connectivity index (χ2n) is 9.74. The molecule has 0 saturated carbocycles. The number of nitrogens with zero attached hydrogens (tertiary/aromatic N) is 7. The van der Waals surface area contributed by atoms with E-state index in [2.05, 4.69) is 35.3 Å². The highest BCUT2D eigenvalue weighted by Gasteiger charge is 2.38. The molecule has 15 heteroatoms. The molecule has 0 amide bonds. The van der Waals surface area contributed by atoms with Crippen LogP contribution in [0.2, 0.25) is 0 Å². The Morgan fingerprint density at radius 3 is 2.40 bits per heavy atom. The average molecular weight is 623 g/mol. The number of rotatable bonds is 6. The standard InChI is InChI=1S/C28H25FN8O.C2HF3O2/c1-19-6-8-30-17-25(19)27-32-18-37(35-27)23-4-2-22(3-5-23)33-28-31-9-7-26(34-28)20-14-21(29)16-24(15-20)36-10-12-38-13-11-36;3-2(4,5)1(6)7/h2-9,14-18H,10-13H2,1H3,(H,31,33,34);(H,6,7). The van der Waals surface area contributed by atoms with Crippen LogP contribution in [0.25, 0.3) is 28.3 Å². The molecule has 6 rings (SSSR count). The molecule has 232 valence electrons. The molecule has 5 aromatic rings. The Morgan fingerprint density at radius 1 is 0.978 bits per heavy atom. The van der Waals surface area contributed by atoms with Crippen molar-refractivity contribution in [2.45, 2.75) is 13.1 Å². The van der Waals surface area contributed by atoms with Crippen LogP contribution >= 0.6 is 0 Å². The quantitative estimate of drug-likeness (QED) is 0.236. The van der Waals surface area contributed by atoms with Crippen LogP contribution < -0.4 is 10.2 Å². The van der Waals surface area contributed by atoms with E-state index in [1.807, 2.05) is 43.3 Å². The molecule has 1 saturated heterocycles. The van der Waals surface area contributed by atoms with E-state index < -0.39 is 12.1 Å². The van der Waals surface area contributed by atoms with Crippen LogP contribution in [0.3, 0.4) is 0 Å². The molecule has 1 aliphatic rings. The number of aliphatic carboxylic acids is 1. The zero-order valence-electron chi connectivity index (χ0n) is 23.7. The van der Waals surface area contributed by atoms with Gasteiger partial charge in [0.2, 0.25) is 5.95 Å². The SMILES string of the molecule is Cc1ccncc1-c1ncn(-c2ccc(Nc3nccc(-c4cc(F)cc(N5CCOCC5)c4)n3)cc2)n1.O=C(O)C(F)(F)F. The summed E-state index contributed by atoms with van der Waals surface area (Å²) >= 11 is 0. The van der Waals surface area contributed by atoms with Gasteiger partial charge in [0.15, 0.2) is 5.82 Å². The van der Waals surface area contributed by atoms with E-state index in [0.29, 0.717) is 36.2 Å². The molecule has 45 heavy (non-hydrogen) atoms. The molecule has 1 aliphatic heterocycles. The fourth-order valence-electron chi connectivity index (χ4n) is 4.34. The van der Waals surface area contributed by atoms with E-state index in [4.69, 9.17) is 14.6 Å². The maximum atomic E-state index is 14.5. The number of aromatic nitrogens is 6. The number of hydrogen-bond acceptors (Lipinski definition) is 9. The fourth-order valence-corrected chi connectivity index (χ4v) is 4.34. The maximum Gasteiger partial charge on any atom is 0.490 e. The number of anilines is 3. The van der Waals surface area contributed by atoms with Crippen molar-refractivity contribution in [3.63, 3.8) is 0 Å². The normalized spacial score (nSPS) is 13.1. The first kappa shape index (κ1) is 31.0. The Hall–Kier alpha value is -5.44. The van der Waals surface area contributed by atoms with Gasteiger partial charge < -0.3 is 20.1 Å². The van der Waals surface area contributed by atoms with Gasteiger partial charge in [0.05, 0.1) is 24.6 Å². The molecule has 1 fully saturated rings. The number of ether oxygens (including phenoxy) is 1. The summed E-state index contributed by atoms with van der Waals surface area (Å²) in [6, 6.07) is 16.4. The highest BCUT2D eigenvalue weighted by molar-refractivity contribution is 5.73. The van der Waals surface area contributed by atoms with Gasteiger partial charge in [-0.15, -0.1) is 5.10 Å². The zero-order valence-corrected chi connectivity index (χ0v) is 23.7. The Morgan fingerprint density at radius 2 is 1.71 bits per heavy atom. The lowest BCUT2D eigenvalue weighted by molar-refractivity contribution is -0.192. The molecule has 0 spiro atoms. The summed E-state index contributed by atoms with van der Waals surface area (Å²) in [6.45, 7) is 4.73. The Labute approximate surface area is 254 Å². The summed E-state index contributed by atoms with van der Waals surface area (Å²) in [4.78, 5) is 28.6. The number of morpholine rings is 1. The van der Waals surface area contributed by atoms with Crippen LogP contribution in [0.1, 0.15) is 5.56 Å². The van der Waals surface area contributed by atoms with Gasteiger partial charge in [0, 0.05) is 54.2 Å². The number of hydrogen-bond donors (Lipinski definition) is 2. The number of carboxylic acid groups (broad SMARTS) is 1. The zero-order chi connectivity index (χ0) is 32.0. The molecule has 4 heterocycles. The second kappa shape index (κ2) is 13.5. The molecule has 0 radical (unpaired) electrons. The van der Waals surface area contributed by atoms with Gasteiger partial charge in [-0.2, -0.15) is 13.2 Å². The number of nitrogens with one attached hydrogen (secondary N) is 1. The summed E-state index contributed by atoms with van der Waals surface area (Å²) in [5.74, 6) is -2.02. The van der Waals surface area contributed by atoms with Crippen molar-refractivity contribution in [3.05, 3.63) is 90.9 Å². The van der Waals surface area contributed by atoms with E-state index in [1.54, 1.807) is 41.7 Å². The first-order valence-corrected chi connectivity index (χ1v) is 13.5. The minimum Gasteiger partial charge on any atom is -0.475 e. The fraction of sp³-hybridized carbons (Fsp3) is 0.200. The number of carboxylic acids is 1. The van der Waals surface area contributed by atoms with Gasteiger partial charge in [-0.1, -0.05) is 0 Å². The van der Waals surface area contributed by atoms with E-state index in [9.17, 15) is 17.6 Å². The van der Waals surface area contributed by atoms with Crippen molar-refractivity contribution in [3.8, 4) is 28.3 Å². The highest BCUT2D eigenvalue weighted by atomic mass is 19.4. The summed E-state index contributed by atoms with van der Waals surface area (Å²) in [5.41, 5.74) is 5.78. The van der Waals surface area contributed by atoms with Crippen LogP contribution in [0.15, 0.2) is 79.5 Å². The molecule has 2 aromatic carbocycles. The third-order valence-electron chi connectivity index (χ3n) is 6.61. The molecule has 3 aromatic heterocycles. The monoisotopic (exact) mass is 622 g/mol. The van der Waals surface area contributed by atoms with Crippen molar-refractivity contribution in [2.75, 3.05) is 36.5 Å². The third kappa shape index (κ3) is 7.94. The van der Waals surface area contributed by atoms with Gasteiger partial charge in [0.25, 0.3) is 0 Å². The smallest absolute Gasteiger partial charge is 0.475 e. The molecule has 11 nitrogen and oxygen atoms in total. The van der Waals surface area contributed by atoms with Gasteiger partial charge in [-0.25, -0.2) is 28.8 Å². The average Bonchev–Trinajstić information content (AvgIpc) is 3.52. The summed E-state index contributed by atoms with van der Waals surface area (Å²) in [5, 5.41) is 15.0. The van der Waals surface area contributed by atoms with Gasteiger partial charge in [-0.05, 0) is 67.1 Å². The molecular weight excluding hydrogens is 596 g/mol. The first-order chi connectivity index (χ1) is 21.6. The Balaban J connectivity index is 0.000000515. The van der Waals surface area contributed by atoms with Crippen LogP contribution in [-0.4, -0.2) is 73.3 Å². The van der Waals surface area contributed by atoms with Gasteiger partial charge in [-0.3, -0.25) is 4.98 Å². The lowest BCUT2D eigenvalue weighted by Gasteiger charge is -2.29. The Bertz CT molecular complexity index is 1770. The molecule has 0 atom stereocenters. The molecule has 0 aliphatic carbocycles. The van der Waals surface area contributed by atoms with Gasteiger partial charge >= 0.3 is 12.1 Å². The minimum absolute atomic E-state index is 0.303. The third-order valence-corrected chi connectivity index (χ3v) is 6.61. The van der Waals surface area contributed by atoms with Crippen molar-refractivity contribution in [1.29, 1.82) is 0 Å². The predicted octanol–water partition coefficient (Wildman–Crippen LogP) is 5.45. The molecule has 0 unspecified atom stereocenters. The van der Waals surface area contributed by atoms with Crippen molar-refractivity contribution in [2.24, 2.45) is 0 Å². The molecule has 2 N–H and O–H groups in total. The number of aryl methyl sites for hydroxylation is 1. The molecular formula is C30H26F4N8O3.